The van der Waals surface area contributed by atoms with Crippen LogP contribution >= 0.6 is 12.6 Å². The molecule has 0 unspecified atom stereocenters. The number of thiol groups is 1. The third-order valence-electron chi connectivity index (χ3n) is 4.57. The third kappa shape index (κ3) is 30.1. The van der Waals surface area contributed by atoms with Gasteiger partial charge in [0.2, 0.25) is 0 Å². The Morgan fingerprint density at radius 2 is 0.645 bits per heavy atom. The van der Waals surface area contributed by atoms with E-state index >= 15 is 0 Å². The van der Waals surface area contributed by atoms with E-state index in [4.69, 9.17) is 34.2 Å². The average molecular weight is 468 g/mol. The van der Waals surface area contributed by atoms with Gasteiger partial charge in [0.25, 0.3) is 0 Å². The van der Waals surface area contributed by atoms with Crippen LogP contribution in [0, 0.1) is 0 Å². The van der Waals surface area contributed by atoms with Gasteiger partial charge in [-0.3, -0.25) is 0 Å². The van der Waals surface area contributed by atoms with Crippen LogP contribution in [0.25, 0.3) is 0 Å². The molecular weight excluding hydrogens is 418 g/mol. The van der Waals surface area contributed by atoms with Crippen LogP contribution in [0.2, 0.25) is 0 Å². The highest BCUT2D eigenvalue weighted by molar-refractivity contribution is 7.80. The standard InChI is InChI=1S/C23H49NO6S/c24-10-12-26-14-16-28-18-20-30-22-21-29-19-17-27-15-13-25-11-8-6-4-2-1-3-5-7-9-23-31/h31H,1-24H2. The second-order valence-corrected chi connectivity index (χ2v) is 7.82. The molecule has 0 radical (unpaired) electrons. The predicted octanol–water partition coefficient (Wildman–Crippen LogP) is 3.49. The maximum atomic E-state index is 5.61. The maximum Gasteiger partial charge on any atom is 0.0701 e. The number of unbranched alkanes of at least 4 members (excludes halogenated alkanes) is 8. The smallest absolute Gasteiger partial charge is 0.0701 e. The Kier molecular flexibility index (Phi) is 30.1. The largest absolute Gasteiger partial charge is 0.379 e. The molecule has 188 valence electrons. The zero-order valence-electron chi connectivity index (χ0n) is 19.7. The summed E-state index contributed by atoms with van der Waals surface area (Å²) in [6.07, 6.45) is 11.8. The summed E-state index contributed by atoms with van der Waals surface area (Å²) in [6, 6.07) is 0. The summed E-state index contributed by atoms with van der Waals surface area (Å²) in [4.78, 5) is 0. The van der Waals surface area contributed by atoms with E-state index in [9.17, 15) is 0 Å². The third-order valence-corrected chi connectivity index (χ3v) is 4.89. The zero-order chi connectivity index (χ0) is 22.5. The fraction of sp³-hybridized carbons (Fsp3) is 1.00. The summed E-state index contributed by atoms with van der Waals surface area (Å²) in [5.41, 5.74) is 5.32. The molecule has 0 saturated carbocycles. The van der Waals surface area contributed by atoms with Crippen LogP contribution in [0.5, 0.6) is 0 Å². The predicted molar refractivity (Wildman–Crippen MR) is 129 cm³/mol. The summed E-state index contributed by atoms with van der Waals surface area (Å²) in [5, 5.41) is 0. The van der Waals surface area contributed by atoms with Crippen molar-refractivity contribution in [2.45, 2.75) is 57.8 Å². The minimum atomic E-state index is 0.542. The van der Waals surface area contributed by atoms with Crippen molar-refractivity contribution in [1.29, 1.82) is 0 Å². The van der Waals surface area contributed by atoms with Gasteiger partial charge in [0.05, 0.1) is 72.7 Å². The summed E-state index contributed by atoms with van der Waals surface area (Å²) < 4.78 is 32.5. The van der Waals surface area contributed by atoms with Crippen LogP contribution in [0.15, 0.2) is 0 Å². The van der Waals surface area contributed by atoms with Crippen molar-refractivity contribution in [3.63, 3.8) is 0 Å². The van der Waals surface area contributed by atoms with Gasteiger partial charge in [0.15, 0.2) is 0 Å². The van der Waals surface area contributed by atoms with Gasteiger partial charge in [0.1, 0.15) is 0 Å². The molecule has 0 aliphatic heterocycles. The Balaban J connectivity index is 2.98. The van der Waals surface area contributed by atoms with Crippen LogP contribution in [0.4, 0.5) is 0 Å². The van der Waals surface area contributed by atoms with Crippen LogP contribution in [-0.4, -0.2) is 91.6 Å². The van der Waals surface area contributed by atoms with E-state index in [2.05, 4.69) is 12.6 Å². The van der Waals surface area contributed by atoms with E-state index in [1.165, 1.54) is 51.4 Å². The fourth-order valence-corrected chi connectivity index (χ4v) is 3.06. The molecule has 0 amide bonds. The first-order valence-electron chi connectivity index (χ1n) is 12.2. The van der Waals surface area contributed by atoms with E-state index in [1.807, 2.05) is 0 Å². The molecule has 0 aromatic carbocycles. The number of hydrogen-bond donors (Lipinski definition) is 2. The van der Waals surface area contributed by atoms with E-state index in [0.29, 0.717) is 79.2 Å². The van der Waals surface area contributed by atoms with Crippen molar-refractivity contribution >= 4 is 12.6 Å². The molecule has 31 heavy (non-hydrogen) atoms. The molecule has 0 aliphatic rings. The van der Waals surface area contributed by atoms with Gasteiger partial charge < -0.3 is 34.2 Å². The second-order valence-electron chi connectivity index (χ2n) is 7.37. The molecule has 0 atom stereocenters. The molecule has 0 aliphatic carbocycles. The van der Waals surface area contributed by atoms with Gasteiger partial charge in [-0.1, -0.05) is 44.9 Å². The first kappa shape index (κ1) is 31.1. The van der Waals surface area contributed by atoms with Crippen molar-refractivity contribution in [2.24, 2.45) is 5.73 Å². The summed E-state index contributed by atoms with van der Waals surface area (Å²) in [7, 11) is 0. The summed E-state index contributed by atoms with van der Waals surface area (Å²) in [5.74, 6) is 1.03. The van der Waals surface area contributed by atoms with Gasteiger partial charge in [-0.05, 0) is 18.6 Å². The quantitative estimate of drug-likeness (QED) is 0.135. The SMILES string of the molecule is NCCOCCOCCOCCOCCOCCOCCCCCCCCCCCS. The first-order valence-corrected chi connectivity index (χ1v) is 12.8. The van der Waals surface area contributed by atoms with Gasteiger partial charge in [-0.2, -0.15) is 12.6 Å². The maximum absolute atomic E-state index is 5.61. The molecule has 0 bridgehead atoms. The first-order chi connectivity index (χ1) is 15.4. The van der Waals surface area contributed by atoms with Gasteiger partial charge in [0, 0.05) is 13.2 Å². The number of ether oxygens (including phenoxy) is 6. The van der Waals surface area contributed by atoms with Crippen LogP contribution in [0.3, 0.4) is 0 Å². The monoisotopic (exact) mass is 467 g/mol. The van der Waals surface area contributed by atoms with E-state index < -0.39 is 0 Å². The summed E-state index contributed by atoms with van der Waals surface area (Å²) >= 11 is 4.24. The molecule has 0 rings (SSSR count). The zero-order valence-corrected chi connectivity index (χ0v) is 20.6. The van der Waals surface area contributed by atoms with Gasteiger partial charge in [-0.25, -0.2) is 0 Å². The van der Waals surface area contributed by atoms with Crippen molar-refractivity contribution in [3.05, 3.63) is 0 Å². The topological polar surface area (TPSA) is 81.4 Å². The fourth-order valence-electron chi connectivity index (χ4n) is 2.84. The van der Waals surface area contributed by atoms with Crippen molar-refractivity contribution in [3.8, 4) is 0 Å². The van der Waals surface area contributed by atoms with E-state index in [-0.39, 0.29) is 0 Å². The Labute approximate surface area is 196 Å². The minimum Gasteiger partial charge on any atom is -0.379 e. The Bertz CT molecular complexity index is 288. The normalized spacial score (nSPS) is 11.4. The minimum absolute atomic E-state index is 0.542. The lowest BCUT2D eigenvalue weighted by molar-refractivity contribution is -0.0165. The highest BCUT2D eigenvalue weighted by Gasteiger charge is 1.95. The van der Waals surface area contributed by atoms with Crippen LogP contribution < -0.4 is 5.73 Å². The van der Waals surface area contributed by atoms with E-state index in [0.717, 1.165) is 18.8 Å². The molecule has 2 N–H and O–H groups in total. The molecule has 0 heterocycles. The Morgan fingerprint density at radius 1 is 0.355 bits per heavy atom. The Morgan fingerprint density at radius 3 is 1.00 bits per heavy atom. The molecule has 0 saturated heterocycles. The van der Waals surface area contributed by atoms with Crippen molar-refractivity contribution < 1.29 is 28.4 Å². The highest BCUT2D eigenvalue weighted by Crippen LogP contribution is 2.09. The van der Waals surface area contributed by atoms with E-state index in [1.54, 1.807) is 0 Å². The lowest BCUT2D eigenvalue weighted by Crippen LogP contribution is -2.15. The van der Waals surface area contributed by atoms with Crippen LogP contribution in [0.1, 0.15) is 57.8 Å². The van der Waals surface area contributed by atoms with Gasteiger partial charge >= 0.3 is 0 Å². The number of hydrogen-bond acceptors (Lipinski definition) is 8. The molecular formula is C23H49NO6S. The lowest BCUT2D eigenvalue weighted by Gasteiger charge is -2.08. The van der Waals surface area contributed by atoms with Crippen molar-refractivity contribution in [2.75, 3.05) is 91.6 Å². The molecule has 0 aromatic heterocycles. The lowest BCUT2D eigenvalue weighted by atomic mass is 10.1. The molecule has 0 spiro atoms. The summed E-state index contributed by atoms with van der Waals surface area (Å²) in [6.45, 7) is 7.79. The average Bonchev–Trinajstić information content (AvgIpc) is 2.78. The van der Waals surface area contributed by atoms with Crippen molar-refractivity contribution in [1.82, 2.24) is 0 Å². The molecule has 7 nitrogen and oxygen atoms in total. The van der Waals surface area contributed by atoms with Crippen LogP contribution in [-0.2, 0) is 28.4 Å². The molecule has 8 heteroatoms. The molecule has 0 fully saturated rings. The second kappa shape index (κ2) is 30.1. The Hall–Kier alpha value is 0.0700. The highest BCUT2D eigenvalue weighted by atomic mass is 32.1. The number of rotatable bonds is 28. The number of nitrogens with two attached hydrogens (primary N) is 1. The molecule has 0 aromatic rings. The van der Waals surface area contributed by atoms with Gasteiger partial charge in [-0.15, -0.1) is 0 Å².